The van der Waals surface area contributed by atoms with E-state index in [1.165, 1.54) is 17.2 Å². The van der Waals surface area contributed by atoms with Crippen LogP contribution in [0.15, 0.2) is 11.4 Å². The van der Waals surface area contributed by atoms with E-state index in [2.05, 4.69) is 51.5 Å². The fraction of sp³-hybridized carbons (Fsp3) is 0.643. The third-order valence-corrected chi connectivity index (χ3v) is 3.89. The Hall–Kier alpha value is -1.27. The largest absolute Gasteiger partial charge is 0.308 e. The summed E-state index contributed by atoms with van der Waals surface area (Å²) >= 11 is 1.41. The van der Waals surface area contributed by atoms with Crippen molar-refractivity contribution in [2.45, 2.75) is 52.6 Å². The molecule has 0 aliphatic carbocycles. The minimum absolute atomic E-state index is 0.223. The molecule has 1 atom stereocenters. The van der Waals surface area contributed by atoms with E-state index in [1.807, 2.05) is 5.38 Å². The maximum atomic E-state index is 4.62. The van der Waals surface area contributed by atoms with Crippen molar-refractivity contribution in [1.82, 2.24) is 24.7 Å². The van der Waals surface area contributed by atoms with Crippen LogP contribution in [-0.2, 0) is 19.4 Å². The molecule has 110 valence electrons. The molecule has 0 saturated heterocycles. The quantitative estimate of drug-likeness (QED) is 0.813. The molecule has 2 aromatic rings. The average Bonchev–Trinajstić information content (AvgIpc) is 3.12. The molecule has 0 aromatic carbocycles. The van der Waals surface area contributed by atoms with E-state index in [-0.39, 0.29) is 6.04 Å². The van der Waals surface area contributed by atoms with Gasteiger partial charge in [0, 0.05) is 24.0 Å². The highest BCUT2D eigenvalue weighted by Gasteiger charge is 2.17. The van der Waals surface area contributed by atoms with Gasteiger partial charge in [0.1, 0.15) is 0 Å². The van der Waals surface area contributed by atoms with Crippen molar-refractivity contribution >= 4 is 11.5 Å². The summed E-state index contributed by atoms with van der Waals surface area (Å²) in [7, 11) is 0. The second-order valence-electron chi connectivity index (χ2n) is 4.84. The third kappa shape index (κ3) is 3.64. The van der Waals surface area contributed by atoms with Gasteiger partial charge < -0.3 is 5.32 Å². The van der Waals surface area contributed by atoms with Crippen LogP contribution < -0.4 is 5.32 Å². The summed E-state index contributed by atoms with van der Waals surface area (Å²) in [6.07, 6.45) is 3.00. The molecule has 5 nitrogen and oxygen atoms in total. The standard InChI is InChI=1S/C14H23N5S/c1-4-7-15-13(14-10-20-18-16-14)9-12-8-11(5-2)17-19(12)6-3/h8,10,13,15H,4-7,9H2,1-3H3. The van der Waals surface area contributed by atoms with Crippen molar-refractivity contribution in [1.29, 1.82) is 0 Å². The lowest BCUT2D eigenvalue weighted by molar-refractivity contribution is 0.492. The van der Waals surface area contributed by atoms with Gasteiger partial charge in [-0.05, 0) is 43.9 Å². The molecule has 0 amide bonds. The van der Waals surface area contributed by atoms with Gasteiger partial charge in [0.05, 0.1) is 17.4 Å². The van der Waals surface area contributed by atoms with E-state index in [4.69, 9.17) is 0 Å². The predicted octanol–water partition coefficient (Wildman–Crippen LogP) is 2.60. The zero-order valence-electron chi connectivity index (χ0n) is 12.5. The summed E-state index contributed by atoms with van der Waals surface area (Å²) in [5, 5.41) is 14.4. The van der Waals surface area contributed by atoms with Crippen LogP contribution in [0, 0.1) is 0 Å². The van der Waals surface area contributed by atoms with Crippen LogP contribution in [0.25, 0.3) is 0 Å². The van der Waals surface area contributed by atoms with Crippen LogP contribution in [0.2, 0.25) is 0 Å². The summed E-state index contributed by atoms with van der Waals surface area (Å²) < 4.78 is 6.08. The molecule has 2 heterocycles. The fourth-order valence-corrected chi connectivity index (χ4v) is 2.77. The first-order chi connectivity index (χ1) is 9.78. The zero-order valence-corrected chi connectivity index (χ0v) is 13.3. The van der Waals surface area contributed by atoms with Crippen LogP contribution in [0.3, 0.4) is 0 Å². The van der Waals surface area contributed by atoms with Crippen molar-refractivity contribution in [3.63, 3.8) is 0 Å². The Kier molecular flexibility index (Phi) is 5.67. The lowest BCUT2D eigenvalue weighted by Gasteiger charge is -2.16. The molecule has 6 heteroatoms. The van der Waals surface area contributed by atoms with Gasteiger partial charge in [-0.1, -0.05) is 18.3 Å². The number of rotatable bonds is 8. The highest BCUT2D eigenvalue weighted by atomic mass is 32.1. The van der Waals surface area contributed by atoms with Gasteiger partial charge in [0.2, 0.25) is 0 Å². The number of nitrogens with zero attached hydrogens (tertiary/aromatic N) is 4. The van der Waals surface area contributed by atoms with Crippen LogP contribution in [0.4, 0.5) is 0 Å². The van der Waals surface area contributed by atoms with Crippen molar-refractivity contribution in [3.05, 3.63) is 28.5 Å². The van der Waals surface area contributed by atoms with Gasteiger partial charge in [-0.2, -0.15) is 5.10 Å². The highest BCUT2D eigenvalue weighted by Crippen LogP contribution is 2.18. The van der Waals surface area contributed by atoms with Crippen LogP contribution in [-0.4, -0.2) is 25.9 Å². The lowest BCUT2D eigenvalue weighted by Crippen LogP contribution is -2.25. The topological polar surface area (TPSA) is 55.6 Å². The molecular weight excluding hydrogens is 270 g/mol. The molecule has 2 aromatic heterocycles. The third-order valence-electron chi connectivity index (χ3n) is 3.36. The van der Waals surface area contributed by atoms with Crippen molar-refractivity contribution in [2.24, 2.45) is 0 Å². The Balaban J connectivity index is 2.16. The molecule has 0 bridgehead atoms. The van der Waals surface area contributed by atoms with Gasteiger partial charge in [-0.15, -0.1) is 5.10 Å². The van der Waals surface area contributed by atoms with Gasteiger partial charge >= 0.3 is 0 Å². The van der Waals surface area contributed by atoms with E-state index in [9.17, 15) is 0 Å². The molecule has 1 N–H and O–H groups in total. The molecule has 0 fully saturated rings. The normalized spacial score (nSPS) is 12.8. The molecule has 20 heavy (non-hydrogen) atoms. The Morgan fingerprint density at radius 1 is 1.35 bits per heavy atom. The van der Waals surface area contributed by atoms with E-state index in [0.717, 1.165) is 43.7 Å². The smallest absolute Gasteiger partial charge is 0.0928 e. The Bertz CT molecular complexity index is 506. The minimum Gasteiger partial charge on any atom is -0.308 e. The van der Waals surface area contributed by atoms with Crippen molar-refractivity contribution in [2.75, 3.05) is 6.54 Å². The first-order valence-electron chi connectivity index (χ1n) is 7.34. The molecule has 0 radical (unpaired) electrons. The van der Waals surface area contributed by atoms with Gasteiger partial charge in [-0.25, -0.2) is 0 Å². The number of hydrogen-bond acceptors (Lipinski definition) is 5. The molecular formula is C14H23N5S. The first kappa shape index (κ1) is 15.1. The second-order valence-corrected chi connectivity index (χ2v) is 5.45. The predicted molar refractivity (Wildman–Crippen MR) is 81.9 cm³/mol. The summed E-state index contributed by atoms with van der Waals surface area (Å²) in [5.41, 5.74) is 3.46. The highest BCUT2D eigenvalue weighted by molar-refractivity contribution is 7.03. The van der Waals surface area contributed by atoms with E-state index < -0.39 is 0 Å². The maximum Gasteiger partial charge on any atom is 0.0928 e. The molecule has 1 unspecified atom stereocenters. The Morgan fingerprint density at radius 2 is 2.20 bits per heavy atom. The Labute approximate surface area is 124 Å². The van der Waals surface area contributed by atoms with Crippen molar-refractivity contribution < 1.29 is 0 Å². The molecule has 2 rings (SSSR count). The lowest BCUT2D eigenvalue weighted by atomic mass is 10.1. The fourth-order valence-electron chi connectivity index (χ4n) is 2.26. The van der Waals surface area contributed by atoms with Crippen LogP contribution in [0.5, 0.6) is 0 Å². The number of nitrogens with one attached hydrogen (secondary N) is 1. The summed E-state index contributed by atoms with van der Waals surface area (Å²) in [4.78, 5) is 0. The minimum atomic E-state index is 0.223. The maximum absolute atomic E-state index is 4.62. The molecule has 0 aliphatic heterocycles. The van der Waals surface area contributed by atoms with E-state index in [0.29, 0.717) is 0 Å². The number of aryl methyl sites for hydroxylation is 2. The second kappa shape index (κ2) is 7.50. The number of hydrogen-bond donors (Lipinski definition) is 1. The van der Waals surface area contributed by atoms with Gasteiger partial charge in [0.15, 0.2) is 0 Å². The molecule has 0 aliphatic rings. The van der Waals surface area contributed by atoms with Crippen LogP contribution in [0.1, 0.15) is 50.3 Å². The Morgan fingerprint density at radius 3 is 2.80 bits per heavy atom. The average molecular weight is 293 g/mol. The first-order valence-corrected chi connectivity index (χ1v) is 8.18. The number of aromatic nitrogens is 4. The van der Waals surface area contributed by atoms with E-state index >= 15 is 0 Å². The SMILES string of the molecule is CCCNC(Cc1cc(CC)nn1CC)c1csnn1. The van der Waals surface area contributed by atoms with Crippen LogP contribution >= 0.6 is 11.5 Å². The van der Waals surface area contributed by atoms with Gasteiger partial charge in [-0.3, -0.25) is 4.68 Å². The zero-order chi connectivity index (χ0) is 14.4. The van der Waals surface area contributed by atoms with E-state index in [1.54, 1.807) is 0 Å². The monoisotopic (exact) mass is 293 g/mol. The summed E-state index contributed by atoms with van der Waals surface area (Å²) in [6.45, 7) is 8.35. The van der Waals surface area contributed by atoms with Crippen molar-refractivity contribution in [3.8, 4) is 0 Å². The van der Waals surface area contributed by atoms with Gasteiger partial charge in [0.25, 0.3) is 0 Å². The molecule has 0 saturated carbocycles. The summed E-state index contributed by atoms with van der Waals surface area (Å²) in [6, 6.07) is 2.43. The summed E-state index contributed by atoms with van der Waals surface area (Å²) in [5.74, 6) is 0. The molecule has 0 spiro atoms.